The van der Waals surface area contributed by atoms with Gasteiger partial charge in [-0.25, -0.2) is 0 Å². The summed E-state index contributed by atoms with van der Waals surface area (Å²) in [6, 6.07) is 0. The lowest BCUT2D eigenvalue weighted by Gasteiger charge is -2.32. The van der Waals surface area contributed by atoms with E-state index in [-0.39, 0.29) is 30.8 Å². The summed E-state index contributed by atoms with van der Waals surface area (Å²) >= 11 is 0. The van der Waals surface area contributed by atoms with Crippen LogP contribution in [0.2, 0.25) is 0 Å². The Bertz CT molecular complexity index is 364. The predicted molar refractivity (Wildman–Crippen MR) is 94.5 cm³/mol. The van der Waals surface area contributed by atoms with Gasteiger partial charge in [-0.2, -0.15) is 0 Å². The topological polar surface area (TPSA) is 66.8 Å². The first-order valence-electron chi connectivity index (χ1n) is 9.67. The first kappa shape index (κ1) is 20.9. The molecular weight excluding hydrogens is 306 g/mol. The van der Waals surface area contributed by atoms with Crippen LogP contribution in [-0.4, -0.2) is 48.2 Å². The van der Waals surface area contributed by atoms with Crippen molar-refractivity contribution in [3.05, 3.63) is 0 Å². The third-order valence-electron chi connectivity index (χ3n) is 4.95. The Balaban J connectivity index is 2.47. The lowest BCUT2D eigenvalue weighted by Crippen LogP contribution is -2.40. The van der Waals surface area contributed by atoms with Crippen molar-refractivity contribution in [1.29, 1.82) is 0 Å². The zero-order valence-corrected chi connectivity index (χ0v) is 15.5. The van der Waals surface area contributed by atoms with Crippen molar-refractivity contribution < 1.29 is 19.4 Å². The fraction of sp³-hybridized carbons (Fsp3) is 0.895. The highest BCUT2D eigenvalue weighted by Crippen LogP contribution is 2.33. The summed E-state index contributed by atoms with van der Waals surface area (Å²) in [6.07, 6.45) is 8.80. The molecule has 0 aromatic heterocycles. The van der Waals surface area contributed by atoms with E-state index in [0.29, 0.717) is 26.1 Å². The summed E-state index contributed by atoms with van der Waals surface area (Å²) in [5, 5.41) is 9.06. The summed E-state index contributed by atoms with van der Waals surface area (Å²) in [6.45, 7) is 5.34. The number of carbonyl (C=O) groups excluding carboxylic acids is 2. The van der Waals surface area contributed by atoms with E-state index in [4.69, 9.17) is 9.84 Å². The Morgan fingerprint density at radius 1 is 1.08 bits per heavy atom. The minimum absolute atomic E-state index is 0.0624. The van der Waals surface area contributed by atoms with Gasteiger partial charge in [-0.3, -0.25) is 9.59 Å². The molecule has 0 heterocycles. The normalized spacial score (nSPS) is 20.6. The van der Waals surface area contributed by atoms with Crippen molar-refractivity contribution in [2.24, 2.45) is 11.8 Å². The summed E-state index contributed by atoms with van der Waals surface area (Å²) in [5.41, 5.74) is 0. The molecule has 1 aliphatic carbocycles. The molecule has 0 radical (unpaired) electrons. The van der Waals surface area contributed by atoms with Crippen LogP contribution >= 0.6 is 0 Å². The van der Waals surface area contributed by atoms with E-state index < -0.39 is 0 Å². The Morgan fingerprint density at radius 3 is 2.38 bits per heavy atom. The molecule has 1 amide bonds. The van der Waals surface area contributed by atoms with Crippen molar-refractivity contribution in [3.63, 3.8) is 0 Å². The SMILES string of the molecule is CCCCC1CCC(C(=O)N(CCCO)CCC(=O)OCC)CC1. The van der Waals surface area contributed by atoms with Crippen molar-refractivity contribution in [1.82, 2.24) is 4.90 Å². The van der Waals surface area contributed by atoms with Crippen LogP contribution in [0.5, 0.6) is 0 Å². The molecule has 0 saturated heterocycles. The third kappa shape index (κ3) is 7.65. The van der Waals surface area contributed by atoms with Gasteiger partial charge in [0, 0.05) is 25.6 Å². The molecule has 5 heteroatoms. The van der Waals surface area contributed by atoms with E-state index in [2.05, 4.69) is 6.92 Å². The van der Waals surface area contributed by atoms with Crippen molar-refractivity contribution in [2.45, 2.75) is 71.6 Å². The highest BCUT2D eigenvalue weighted by molar-refractivity contribution is 5.79. The lowest BCUT2D eigenvalue weighted by atomic mass is 9.79. The smallest absolute Gasteiger partial charge is 0.307 e. The van der Waals surface area contributed by atoms with E-state index in [1.807, 2.05) is 0 Å². The summed E-state index contributed by atoms with van der Waals surface area (Å²) in [4.78, 5) is 26.1. The van der Waals surface area contributed by atoms with Gasteiger partial charge in [0.15, 0.2) is 0 Å². The van der Waals surface area contributed by atoms with Crippen LogP contribution in [0.1, 0.15) is 71.6 Å². The molecule has 0 aliphatic heterocycles. The second-order valence-corrected chi connectivity index (χ2v) is 6.82. The number of hydrogen-bond donors (Lipinski definition) is 1. The second kappa shape index (κ2) is 12.3. The summed E-state index contributed by atoms with van der Waals surface area (Å²) < 4.78 is 4.95. The zero-order chi connectivity index (χ0) is 17.8. The van der Waals surface area contributed by atoms with Gasteiger partial charge in [0.25, 0.3) is 0 Å². The first-order chi connectivity index (χ1) is 11.6. The monoisotopic (exact) mass is 341 g/mol. The molecule has 0 aromatic rings. The molecule has 5 nitrogen and oxygen atoms in total. The number of unbranched alkanes of at least 4 members (excludes halogenated alkanes) is 1. The average molecular weight is 341 g/mol. The summed E-state index contributed by atoms with van der Waals surface area (Å²) in [5.74, 6) is 0.757. The molecule has 1 saturated carbocycles. The number of rotatable bonds is 11. The van der Waals surface area contributed by atoms with Gasteiger partial charge in [-0.15, -0.1) is 0 Å². The van der Waals surface area contributed by atoms with Crippen molar-refractivity contribution in [3.8, 4) is 0 Å². The molecular formula is C19H35NO4. The van der Waals surface area contributed by atoms with Gasteiger partial charge in [-0.05, 0) is 44.9 Å². The van der Waals surface area contributed by atoms with Gasteiger partial charge in [0.1, 0.15) is 0 Å². The number of carbonyl (C=O) groups is 2. The Morgan fingerprint density at radius 2 is 1.79 bits per heavy atom. The highest BCUT2D eigenvalue weighted by Gasteiger charge is 2.29. The number of nitrogens with zero attached hydrogens (tertiary/aromatic N) is 1. The quantitative estimate of drug-likeness (QED) is 0.586. The van der Waals surface area contributed by atoms with Crippen LogP contribution in [0.4, 0.5) is 0 Å². The maximum Gasteiger partial charge on any atom is 0.307 e. The standard InChI is InChI=1S/C19H35NO4/c1-3-5-7-16-8-10-17(11-9-16)19(23)20(13-6-15-21)14-12-18(22)24-4-2/h16-17,21H,3-15H2,1-2H3. The van der Waals surface area contributed by atoms with Gasteiger partial charge >= 0.3 is 5.97 Å². The number of esters is 1. The van der Waals surface area contributed by atoms with Crippen LogP contribution in [0, 0.1) is 11.8 Å². The molecule has 0 aromatic carbocycles. The average Bonchev–Trinajstić information content (AvgIpc) is 2.60. The maximum atomic E-state index is 12.8. The molecule has 0 bridgehead atoms. The van der Waals surface area contributed by atoms with Crippen LogP contribution in [-0.2, 0) is 14.3 Å². The number of hydrogen-bond acceptors (Lipinski definition) is 4. The van der Waals surface area contributed by atoms with E-state index in [1.165, 1.54) is 19.3 Å². The fourth-order valence-corrected chi connectivity index (χ4v) is 3.50. The molecule has 1 N–H and O–H groups in total. The fourth-order valence-electron chi connectivity index (χ4n) is 3.50. The largest absolute Gasteiger partial charge is 0.466 e. The van der Waals surface area contributed by atoms with Crippen molar-refractivity contribution >= 4 is 11.9 Å². The van der Waals surface area contributed by atoms with Gasteiger partial charge in [-0.1, -0.05) is 26.2 Å². The molecule has 0 spiro atoms. The van der Waals surface area contributed by atoms with Crippen LogP contribution in [0.15, 0.2) is 0 Å². The Labute approximate surface area is 146 Å². The van der Waals surface area contributed by atoms with Crippen LogP contribution in [0.3, 0.4) is 0 Å². The highest BCUT2D eigenvalue weighted by atomic mass is 16.5. The molecule has 1 fully saturated rings. The van der Waals surface area contributed by atoms with E-state index >= 15 is 0 Å². The maximum absolute atomic E-state index is 12.8. The third-order valence-corrected chi connectivity index (χ3v) is 4.95. The van der Waals surface area contributed by atoms with Gasteiger partial charge in [0.2, 0.25) is 5.91 Å². The zero-order valence-electron chi connectivity index (χ0n) is 15.5. The predicted octanol–water partition coefficient (Wildman–Crippen LogP) is 3.15. The number of amides is 1. The first-order valence-corrected chi connectivity index (χ1v) is 9.67. The molecule has 1 rings (SSSR count). The molecule has 140 valence electrons. The Kier molecular flexibility index (Phi) is 10.7. The molecule has 0 atom stereocenters. The van der Waals surface area contributed by atoms with Crippen LogP contribution in [0.25, 0.3) is 0 Å². The molecule has 0 unspecified atom stereocenters. The number of ether oxygens (including phenoxy) is 1. The number of aliphatic hydroxyl groups excluding tert-OH is 1. The van der Waals surface area contributed by atoms with Crippen molar-refractivity contribution in [2.75, 3.05) is 26.3 Å². The molecule has 1 aliphatic rings. The van der Waals surface area contributed by atoms with Gasteiger partial charge in [0.05, 0.1) is 13.0 Å². The Hall–Kier alpha value is -1.10. The van der Waals surface area contributed by atoms with E-state index in [0.717, 1.165) is 31.6 Å². The van der Waals surface area contributed by atoms with E-state index in [1.54, 1.807) is 11.8 Å². The number of aliphatic hydroxyl groups is 1. The van der Waals surface area contributed by atoms with E-state index in [9.17, 15) is 9.59 Å². The minimum Gasteiger partial charge on any atom is -0.466 e. The second-order valence-electron chi connectivity index (χ2n) is 6.82. The lowest BCUT2D eigenvalue weighted by molar-refractivity contribution is -0.144. The van der Waals surface area contributed by atoms with Crippen LogP contribution < -0.4 is 0 Å². The van der Waals surface area contributed by atoms with Gasteiger partial charge < -0.3 is 14.7 Å². The summed E-state index contributed by atoms with van der Waals surface area (Å²) in [7, 11) is 0. The minimum atomic E-state index is -0.262. The molecule has 24 heavy (non-hydrogen) atoms.